The van der Waals surface area contributed by atoms with Crippen molar-refractivity contribution in [3.05, 3.63) is 36.2 Å². The zero-order valence-corrected chi connectivity index (χ0v) is 18.2. The van der Waals surface area contributed by atoms with Crippen molar-refractivity contribution in [1.82, 2.24) is 20.3 Å². The van der Waals surface area contributed by atoms with Crippen LogP contribution in [0.1, 0.15) is 25.3 Å². The molecule has 1 atom stereocenters. The smallest absolute Gasteiger partial charge is 0.232 e. The average molecular weight is 428 g/mol. The molecule has 4 rings (SSSR count). The number of nitrogens with one attached hydrogen (secondary N) is 2. The Hall–Kier alpha value is -2.52. The van der Waals surface area contributed by atoms with Gasteiger partial charge in [0.25, 0.3) is 0 Å². The minimum absolute atomic E-state index is 0.496. The van der Waals surface area contributed by atoms with Crippen LogP contribution in [0.2, 0.25) is 0 Å². The average Bonchev–Trinajstić information content (AvgIpc) is 2.79. The summed E-state index contributed by atoms with van der Waals surface area (Å²) in [7, 11) is 0. The molecule has 30 heavy (non-hydrogen) atoms. The lowest BCUT2D eigenvalue weighted by atomic mass is 10.0. The van der Waals surface area contributed by atoms with Crippen molar-refractivity contribution >= 4 is 34.9 Å². The molecule has 9 heteroatoms. The van der Waals surface area contributed by atoms with Gasteiger partial charge in [-0.2, -0.15) is 9.97 Å². The number of piperidine rings is 1. The molecule has 0 unspecified atom stereocenters. The summed E-state index contributed by atoms with van der Waals surface area (Å²) in [5, 5.41) is 6.88. The van der Waals surface area contributed by atoms with Crippen molar-refractivity contribution in [1.29, 1.82) is 0 Å². The quantitative estimate of drug-likeness (QED) is 0.700. The Kier molecular flexibility index (Phi) is 6.91. The molecule has 0 saturated carbocycles. The van der Waals surface area contributed by atoms with Gasteiger partial charge in [0.1, 0.15) is 11.6 Å². The van der Waals surface area contributed by atoms with Crippen LogP contribution >= 0.6 is 12.2 Å². The van der Waals surface area contributed by atoms with E-state index in [4.69, 9.17) is 26.9 Å². The number of morpholine rings is 1. The van der Waals surface area contributed by atoms with E-state index in [2.05, 4.69) is 38.4 Å². The molecule has 2 aromatic heterocycles. The molecule has 2 N–H and O–H groups in total. The highest BCUT2D eigenvalue weighted by atomic mass is 32.1. The fraction of sp³-hybridized carbons (Fsp3) is 0.524. The maximum absolute atomic E-state index is 5.50. The fourth-order valence-electron chi connectivity index (χ4n) is 3.82. The summed E-state index contributed by atoms with van der Waals surface area (Å²) >= 11 is 5.48. The molecule has 0 aliphatic carbocycles. The number of ether oxygens (including phenoxy) is 1. The van der Waals surface area contributed by atoms with Crippen molar-refractivity contribution < 1.29 is 4.74 Å². The van der Waals surface area contributed by atoms with Gasteiger partial charge in [0.05, 0.1) is 13.2 Å². The van der Waals surface area contributed by atoms with Crippen LogP contribution in [-0.2, 0) is 11.3 Å². The van der Waals surface area contributed by atoms with Gasteiger partial charge in [0.15, 0.2) is 5.11 Å². The minimum Gasteiger partial charge on any atom is -0.378 e. The van der Waals surface area contributed by atoms with Gasteiger partial charge in [-0.1, -0.05) is 13.0 Å². The molecule has 0 aromatic carbocycles. The van der Waals surface area contributed by atoms with E-state index in [0.717, 1.165) is 43.4 Å². The van der Waals surface area contributed by atoms with E-state index in [0.29, 0.717) is 36.7 Å². The van der Waals surface area contributed by atoms with Crippen LogP contribution in [0, 0.1) is 5.92 Å². The van der Waals surface area contributed by atoms with Crippen LogP contribution in [0.15, 0.2) is 30.6 Å². The number of anilines is 3. The Morgan fingerprint density at radius 1 is 1.20 bits per heavy atom. The standard InChI is InChI=1S/C21H29N7OS/c1-16-4-3-7-28(15-16)19-12-18(27-8-10-29-11-9-27)24-20(25-19)26-21(30)23-14-17-5-2-6-22-13-17/h2,5-6,12-13,16H,3-4,7-11,14-15H2,1H3,(H2,23,24,25,26,30)/t16-/m1/s1. The van der Waals surface area contributed by atoms with Gasteiger partial charge in [-0.05, 0) is 42.6 Å². The topological polar surface area (TPSA) is 78.4 Å². The third-order valence-electron chi connectivity index (χ3n) is 5.42. The zero-order chi connectivity index (χ0) is 20.8. The SMILES string of the molecule is C[C@@H]1CCCN(c2cc(N3CCOCC3)nc(NC(=S)NCc3cccnc3)n2)C1. The summed E-state index contributed by atoms with van der Waals surface area (Å²) in [6.45, 7) is 8.02. The van der Waals surface area contributed by atoms with Gasteiger partial charge >= 0.3 is 0 Å². The Morgan fingerprint density at radius 3 is 2.73 bits per heavy atom. The summed E-state index contributed by atoms with van der Waals surface area (Å²) < 4.78 is 5.50. The number of nitrogens with zero attached hydrogens (tertiary/aromatic N) is 5. The molecule has 2 aliphatic rings. The molecule has 0 spiro atoms. The lowest BCUT2D eigenvalue weighted by Crippen LogP contribution is -2.38. The number of aromatic nitrogens is 3. The Balaban J connectivity index is 1.50. The van der Waals surface area contributed by atoms with Gasteiger partial charge in [0, 0.05) is 51.2 Å². The number of rotatable bonds is 5. The first kappa shape index (κ1) is 20.7. The van der Waals surface area contributed by atoms with E-state index >= 15 is 0 Å². The molecule has 2 aliphatic heterocycles. The number of hydrogen-bond acceptors (Lipinski definition) is 7. The van der Waals surface area contributed by atoms with Crippen molar-refractivity contribution in [3.63, 3.8) is 0 Å². The Bertz CT molecular complexity index is 845. The summed E-state index contributed by atoms with van der Waals surface area (Å²) in [5.74, 6) is 3.06. The van der Waals surface area contributed by atoms with E-state index in [1.165, 1.54) is 12.8 Å². The molecule has 2 aromatic rings. The van der Waals surface area contributed by atoms with Crippen molar-refractivity contribution in [2.75, 3.05) is 54.5 Å². The van der Waals surface area contributed by atoms with Crippen LogP contribution in [-0.4, -0.2) is 59.5 Å². The van der Waals surface area contributed by atoms with Gasteiger partial charge in [-0.15, -0.1) is 0 Å². The summed E-state index contributed by atoms with van der Waals surface area (Å²) in [6, 6.07) is 6.02. The molecule has 0 amide bonds. The molecule has 8 nitrogen and oxygen atoms in total. The van der Waals surface area contributed by atoms with E-state index in [9.17, 15) is 0 Å². The normalized spacial score (nSPS) is 19.4. The van der Waals surface area contributed by atoms with Gasteiger partial charge in [0.2, 0.25) is 5.95 Å². The van der Waals surface area contributed by atoms with Crippen LogP contribution in [0.3, 0.4) is 0 Å². The number of thiocarbonyl (C=S) groups is 1. The maximum Gasteiger partial charge on any atom is 0.232 e. The van der Waals surface area contributed by atoms with E-state index in [1.54, 1.807) is 6.20 Å². The second-order valence-corrected chi connectivity index (χ2v) is 8.28. The van der Waals surface area contributed by atoms with Crippen molar-refractivity contribution in [3.8, 4) is 0 Å². The molecule has 160 valence electrons. The highest BCUT2D eigenvalue weighted by molar-refractivity contribution is 7.80. The minimum atomic E-state index is 0.496. The fourth-order valence-corrected chi connectivity index (χ4v) is 3.99. The van der Waals surface area contributed by atoms with Crippen LogP contribution in [0.5, 0.6) is 0 Å². The first-order valence-corrected chi connectivity index (χ1v) is 11.0. The third kappa shape index (κ3) is 5.54. The number of hydrogen-bond donors (Lipinski definition) is 2. The van der Waals surface area contributed by atoms with Crippen molar-refractivity contribution in [2.45, 2.75) is 26.3 Å². The van der Waals surface area contributed by atoms with Gasteiger partial charge in [-0.3, -0.25) is 4.98 Å². The maximum atomic E-state index is 5.50. The molecular weight excluding hydrogens is 398 g/mol. The molecule has 2 fully saturated rings. The molecule has 4 heterocycles. The second kappa shape index (κ2) is 9.99. The van der Waals surface area contributed by atoms with E-state index < -0.39 is 0 Å². The van der Waals surface area contributed by atoms with Gasteiger partial charge in [-0.25, -0.2) is 0 Å². The first-order valence-electron chi connectivity index (χ1n) is 10.6. The zero-order valence-electron chi connectivity index (χ0n) is 17.4. The predicted molar refractivity (Wildman–Crippen MR) is 123 cm³/mol. The first-order chi connectivity index (χ1) is 14.7. The summed E-state index contributed by atoms with van der Waals surface area (Å²) in [6.07, 6.45) is 6.03. The van der Waals surface area contributed by atoms with Crippen LogP contribution in [0.25, 0.3) is 0 Å². The molecule has 0 radical (unpaired) electrons. The Labute approximate surface area is 183 Å². The lowest BCUT2D eigenvalue weighted by Gasteiger charge is -2.33. The monoisotopic (exact) mass is 427 g/mol. The summed E-state index contributed by atoms with van der Waals surface area (Å²) in [4.78, 5) is 18.3. The lowest BCUT2D eigenvalue weighted by molar-refractivity contribution is 0.122. The highest BCUT2D eigenvalue weighted by Gasteiger charge is 2.21. The van der Waals surface area contributed by atoms with E-state index in [-0.39, 0.29) is 0 Å². The highest BCUT2D eigenvalue weighted by Crippen LogP contribution is 2.26. The molecule has 2 saturated heterocycles. The van der Waals surface area contributed by atoms with Crippen LogP contribution < -0.4 is 20.4 Å². The van der Waals surface area contributed by atoms with Crippen LogP contribution in [0.4, 0.5) is 17.6 Å². The summed E-state index contributed by atoms with van der Waals surface area (Å²) in [5.41, 5.74) is 1.06. The Morgan fingerprint density at radius 2 is 2.00 bits per heavy atom. The van der Waals surface area contributed by atoms with Crippen molar-refractivity contribution in [2.24, 2.45) is 5.92 Å². The third-order valence-corrected chi connectivity index (χ3v) is 5.66. The van der Waals surface area contributed by atoms with Gasteiger partial charge < -0.3 is 25.2 Å². The van der Waals surface area contributed by atoms with E-state index in [1.807, 2.05) is 18.3 Å². The molecule has 0 bridgehead atoms. The largest absolute Gasteiger partial charge is 0.378 e. The molecular formula is C21H29N7OS. The predicted octanol–water partition coefficient (Wildman–Crippen LogP) is 2.43. The number of pyridine rings is 1. The second-order valence-electron chi connectivity index (χ2n) is 7.87.